The van der Waals surface area contributed by atoms with Gasteiger partial charge >= 0.3 is 15.6 Å². The largest absolute Gasteiger partial charge is 0.472 e. The zero-order chi connectivity index (χ0) is 71.7. The molecule has 0 amide bonds. The lowest BCUT2D eigenvalue weighted by atomic mass is 10.0. The number of aliphatic hydroxyl groups excluding tert-OH is 2. The van der Waals surface area contributed by atoms with Crippen LogP contribution in [0.15, 0.2) is 0 Å². The van der Waals surface area contributed by atoms with Crippen LogP contribution in [0, 0.1) is 0 Å². The van der Waals surface area contributed by atoms with Crippen LogP contribution in [0.3, 0.4) is 0 Å². The Hall–Kier alpha value is 0.100. The maximum absolute atomic E-state index is 12.0. The van der Waals surface area contributed by atoms with Crippen LogP contribution < -0.4 is 0 Å². The molecular weight excluding hydrogens is 1250 g/mol. The first-order valence-corrected chi connectivity index (χ1v) is 46.6. The Bertz CT molecular complexity index is 1350. The molecule has 0 bridgehead atoms. The first-order chi connectivity index (χ1) is 47.5. The van der Waals surface area contributed by atoms with Gasteiger partial charge in [0.25, 0.3) is 0 Å². The van der Waals surface area contributed by atoms with E-state index >= 15 is 0 Å². The van der Waals surface area contributed by atoms with E-state index in [4.69, 9.17) is 33.8 Å². The molecular formula is C84H178O11P2. The lowest BCUT2D eigenvalue weighted by Crippen LogP contribution is -2.04. The smallest absolute Gasteiger partial charge is 0.396 e. The Morgan fingerprint density at radius 3 is 0.505 bits per heavy atom. The van der Waals surface area contributed by atoms with Gasteiger partial charge in [0.15, 0.2) is 0 Å². The van der Waals surface area contributed by atoms with Crippen molar-refractivity contribution in [1.82, 2.24) is 0 Å². The molecule has 590 valence electrons. The Morgan fingerprint density at radius 2 is 0.340 bits per heavy atom. The summed E-state index contributed by atoms with van der Waals surface area (Å²) in [4.78, 5) is 26.8. The highest BCUT2D eigenvalue weighted by Gasteiger charge is 2.20. The summed E-state index contributed by atoms with van der Waals surface area (Å²) in [5.74, 6) is 0. The van der Waals surface area contributed by atoms with Gasteiger partial charge in [0.05, 0.1) is 26.4 Å². The van der Waals surface area contributed by atoms with Crippen LogP contribution in [0.4, 0.5) is 0 Å². The summed E-state index contributed by atoms with van der Waals surface area (Å²) in [7, 11) is -8.20. The number of phosphoric acid groups is 2. The van der Waals surface area contributed by atoms with Gasteiger partial charge in [-0.3, -0.25) is 13.6 Å². The van der Waals surface area contributed by atoms with E-state index in [1.165, 1.54) is 411 Å². The van der Waals surface area contributed by atoms with Gasteiger partial charge < -0.3 is 29.6 Å². The van der Waals surface area contributed by atoms with Gasteiger partial charge in [-0.05, 0) is 32.1 Å². The number of hydrogen-bond donors (Lipinski definition) is 5. The molecule has 0 aliphatic heterocycles. The van der Waals surface area contributed by atoms with Crippen molar-refractivity contribution < 1.29 is 52.3 Å². The summed E-state index contributed by atoms with van der Waals surface area (Å²) in [6, 6.07) is 0. The Labute approximate surface area is 608 Å². The maximum atomic E-state index is 12.0. The van der Waals surface area contributed by atoms with E-state index in [1.54, 1.807) is 0 Å². The predicted octanol–water partition coefficient (Wildman–Crippen LogP) is 29.4. The molecule has 0 aromatic carbocycles. The lowest BCUT2D eigenvalue weighted by molar-refractivity contribution is 0.0831. The average Bonchev–Trinajstić information content (AvgIpc) is 3.40. The molecule has 11 nitrogen and oxygen atoms in total. The highest BCUT2D eigenvalue weighted by Crippen LogP contribution is 2.43. The van der Waals surface area contributed by atoms with Crippen molar-refractivity contribution in [2.45, 2.75) is 497 Å². The van der Waals surface area contributed by atoms with Gasteiger partial charge in [0.2, 0.25) is 0 Å². The van der Waals surface area contributed by atoms with Crippen LogP contribution in [0.25, 0.3) is 0 Å². The van der Waals surface area contributed by atoms with Crippen molar-refractivity contribution in [2.24, 2.45) is 0 Å². The molecule has 0 aromatic rings. The average molecular weight is 1430 g/mol. The van der Waals surface area contributed by atoms with Crippen molar-refractivity contribution in [2.75, 3.05) is 46.2 Å². The minimum Gasteiger partial charge on any atom is -0.396 e. The summed E-state index contributed by atoms with van der Waals surface area (Å²) in [5, 5.41) is 17.3. The van der Waals surface area contributed by atoms with Gasteiger partial charge in [-0.2, -0.15) is 0 Å². The lowest BCUT2D eigenvalue weighted by Gasteiger charge is -2.12. The Kier molecular flexibility index (Phi) is 102. The number of hydrogen-bond acceptors (Lipinski definition) is 8. The third-order valence-corrected chi connectivity index (χ3v) is 20.7. The summed E-state index contributed by atoms with van der Waals surface area (Å²) < 4.78 is 42.3. The maximum Gasteiger partial charge on any atom is 0.472 e. The molecule has 0 aliphatic rings. The van der Waals surface area contributed by atoms with Crippen molar-refractivity contribution in [3.8, 4) is 0 Å². The van der Waals surface area contributed by atoms with Crippen molar-refractivity contribution in [1.29, 1.82) is 0 Å². The van der Waals surface area contributed by atoms with E-state index in [-0.39, 0.29) is 13.2 Å². The number of aliphatic hydroxyl groups is 2. The Balaban J connectivity index is -0.000000626. The first-order valence-electron chi connectivity index (χ1n) is 43.6. The molecule has 0 spiro atoms. The quantitative estimate of drug-likeness (QED) is 0.0290. The van der Waals surface area contributed by atoms with Crippen LogP contribution in [0.5, 0.6) is 0 Å². The summed E-state index contributed by atoms with van der Waals surface area (Å²) in [5.41, 5.74) is 0. The van der Waals surface area contributed by atoms with Crippen LogP contribution in [-0.4, -0.2) is 71.1 Å². The number of ether oxygens (including phenoxy) is 1. The second-order valence-electron chi connectivity index (χ2n) is 29.2. The zero-order valence-electron chi connectivity index (χ0n) is 66.4. The van der Waals surface area contributed by atoms with E-state index in [9.17, 15) is 14.0 Å². The normalized spacial score (nSPS) is 11.6. The predicted molar refractivity (Wildman–Crippen MR) is 426 cm³/mol. The fraction of sp³-hybridized carbons (Fsp3) is 1.00. The highest BCUT2D eigenvalue weighted by molar-refractivity contribution is 7.47. The molecule has 0 fully saturated rings. The number of phosphoric ester groups is 2. The monoisotopic (exact) mass is 1430 g/mol. The van der Waals surface area contributed by atoms with E-state index in [0.717, 1.165) is 51.4 Å². The SMILES string of the molecule is CCCCCCCCCCCCCCCCCCO.CCCCCCCCCCCCCCCCO.CCCCCCCCCCCCCCCCOCCOP(=O)(O)O.CCCCCCCCCCCCCCCCOP(=O)(O)OCCCCCCCCCCCCCCCC. The van der Waals surface area contributed by atoms with E-state index in [2.05, 4.69) is 39.1 Å². The van der Waals surface area contributed by atoms with Gasteiger partial charge in [-0.25, -0.2) is 9.13 Å². The van der Waals surface area contributed by atoms with Crippen LogP contribution in [-0.2, 0) is 27.4 Å². The molecule has 0 saturated heterocycles. The molecule has 0 aromatic heterocycles. The standard InChI is InChI=1S/C32H67O4P.C18H39O5P.C18H38O.C16H34O/c1-3-5-7-9-11-13-15-17-19-21-23-25-27-29-31-35-37(33,34)36-32-30-28-26-24-22-20-18-16-14-12-10-8-6-4-2;1-2-3-4-5-6-7-8-9-10-11-12-13-14-15-16-22-17-18-23-24(19,20)21;1-2-3-4-5-6-7-8-9-10-11-12-13-14-15-16-17-18-19;1-2-3-4-5-6-7-8-9-10-11-12-13-14-15-16-17/h3-32H2,1-2H3,(H,33,34);2-18H2,1H3,(H2,19,20,21);19H,2-18H2,1H3;17H,2-16H2,1H3. The van der Waals surface area contributed by atoms with E-state index < -0.39 is 15.6 Å². The third kappa shape index (κ3) is 112. The number of rotatable bonds is 81. The Morgan fingerprint density at radius 1 is 0.186 bits per heavy atom. The fourth-order valence-corrected chi connectivity index (χ4v) is 13.8. The van der Waals surface area contributed by atoms with Crippen molar-refractivity contribution in [3.63, 3.8) is 0 Å². The topological polar surface area (TPSA) is 172 Å². The zero-order valence-corrected chi connectivity index (χ0v) is 68.2. The number of unbranched alkanes of at least 4 members (excludes halogenated alkanes) is 67. The van der Waals surface area contributed by atoms with Crippen LogP contribution in [0.2, 0.25) is 0 Å². The van der Waals surface area contributed by atoms with Crippen LogP contribution >= 0.6 is 15.6 Å². The molecule has 0 heterocycles. The minimum absolute atomic E-state index is 0.0527. The van der Waals surface area contributed by atoms with E-state index in [0.29, 0.717) is 33.0 Å². The van der Waals surface area contributed by atoms with Crippen molar-refractivity contribution in [3.05, 3.63) is 0 Å². The van der Waals surface area contributed by atoms with Crippen LogP contribution in [0.1, 0.15) is 497 Å². The summed E-state index contributed by atoms with van der Waals surface area (Å²) >= 11 is 0. The van der Waals surface area contributed by atoms with Gasteiger partial charge in [-0.1, -0.05) is 465 Å². The van der Waals surface area contributed by atoms with Gasteiger partial charge in [-0.15, -0.1) is 0 Å². The molecule has 0 unspecified atom stereocenters. The molecule has 13 heteroatoms. The minimum atomic E-state index is -4.34. The summed E-state index contributed by atoms with van der Waals surface area (Å²) in [6.07, 6.45) is 96.3. The molecule has 97 heavy (non-hydrogen) atoms. The second-order valence-corrected chi connectivity index (χ2v) is 31.9. The van der Waals surface area contributed by atoms with Crippen molar-refractivity contribution >= 4 is 15.6 Å². The molecule has 0 atom stereocenters. The second kappa shape index (κ2) is 96.1. The first kappa shape index (κ1) is 103. The molecule has 0 rings (SSSR count). The fourth-order valence-electron chi connectivity index (χ4n) is 12.7. The molecule has 5 N–H and O–H groups in total. The summed E-state index contributed by atoms with van der Waals surface area (Å²) in [6.45, 7) is 13.6. The molecule has 0 aliphatic carbocycles. The highest BCUT2D eigenvalue weighted by atomic mass is 31.2. The van der Waals surface area contributed by atoms with Gasteiger partial charge in [0.1, 0.15) is 0 Å². The third-order valence-electron chi connectivity index (χ3n) is 19.2. The molecule has 0 radical (unpaired) electrons. The molecule has 0 saturated carbocycles. The van der Waals surface area contributed by atoms with Gasteiger partial charge in [0, 0.05) is 19.8 Å². The van der Waals surface area contributed by atoms with E-state index in [1.807, 2.05) is 0 Å².